The minimum atomic E-state index is -0.131. The van der Waals surface area contributed by atoms with Crippen molar-refractivity contribution in [3.05, 3.63) is 0 Å². The van der Waals surface area contributed by atoms with Crippen molar-refractivity contribution in [2.75, 3.05) is 0 Å². The van der Waals surface area contributed by atoms with Crippen LogP contribution >= 0.6 is 0 Å². The standard InChI is InChI=1S/C9H10O3/c10-7-2-5-1-6(3-7)9(12)4-8(5)11/h5-6H,1-4H2. The molecular weight excluding hydrogens is 156 g/mol. The van der Waals surface area contributed by atoms with Gasteiger partial charge in [0.25, 0.3) is 0 Å². The number of fused-ring (bicyclic) bond motifs is 2. The molecule has 0 amide bonds. The highest BCUT2D eigenvalue weighted by Gasteiger charge is 2.40. The Morgan fingerprint density at radius 3 is 1.92 bits per heavy atom. The van der Waals surface area contributed by atoms with E-state index in [2.05, 4.69) is 0 Å². The molecule has 3 nitrogen and oxygen atoms in total. The van der Waals surface area contributed by atoms with E-state index in [9.17, 15) is 14.4 Å². The second-order valence-electron chi connectivity index (χ2n) is 3.69. The quantitative estimate of drug-likeness (QED) is 0.493. The predicted octanol–water partition coefficient (Wildman–Crippen LogP) is 0.514. The molecule has 0 aromatic carbocycles. The highest BCUT2D eigenvalue weighted by Crippen LogP contribution is 2.33. The lowest BCUT2D eigenvalue weighted by Crippen LogP contribution is -2.38. The molecule has 0 aromatic rings. The van der Waals surface area contributed by atoms with Crippen molar-refractivity contribution in [3.63, 3.8) is 0 Å². The van der Waals surface area contributed by atoms with Crippen LogP contribution in [0.3, 0.4) is 0 Å². The van der Waals surface area contributed by atoms with Crippen LogP contribution in [0.1, 0.15) is 25.7 Å². The van der Waals surface area contributed by atoms with Gasteiger partial charge < -0.3 is 0 Å². The minimum absolute atomic E-state index is 0.0238. The Balaban J connectivity index is 2.23. The number of carbonyl (C=O) groups excluding carboxylic acids is 3. The molecule has 2 atom stereocenters. The fraction of sp³-hybridized carbons (Fsp3) is 0.667. The summed E-state index contributed by atoms with van der Waals surface area (Å²) in [5, 5.41) is 0. The maximum absolute atomic E-state index is 11.2. The Morgan fingerprint density at radius 2 is 1.42 bits per heavy atom. The fourth-order valence-corrected chi connectivity index (χ4v) is 2.09. The number of ketones is 3. The largest absolute Gasteiger partial charge is 0.300 e. The normalized spacial score (nSPS) is 35.5. The van der Waals surface area contributed by atoms with Crippen LogP contribution in [0.5, 0.6) is 0 Å². The third kappa shape index (κ3) is 1.09. The van der Waals surface area contributed by atoms with Gasteiger partial charge in [-0.3, -0.25) is 14.4 Å². The van der Waals surface area contributed by atoms with Crippen molar-refractivity contribution in [3.8, 4) is 0 Å². The van der Waals surface area contributed by atoms with E-state index in [1.807, 2.05) is 0 Å². The molecule has 3 heteroatoms. The smallest absolute Gasteiger partial charge is 0.143 e. The molecule has 2 saturated carbocycles. The van der Waals surface area contributed by atoms with E-state index in [-0.39, 0.29) is 35.6 Å². The van der Waals surface area contributed by atoms with E-state index < -0.39 is 0 Å². The van der Waals surface area contributed by atoms with Gasteiger partial charge in [0.15, 0.2) is 0 Å². The zero-order valence-corrected chi connectivity index (χ0v) is 6.71. The summed E-state index contributed by atoms with van der Waals surface area (Å²) in [7, 11) is 0. The second-order valence-corrected chi connectivity index (χ2v) is 3.69. The molecule has 0 saturated heterocycles. The first-order valence-corrected chi connectivity index (χ1v) is 4.24. The predicted molar refractivity (Wildman–Crippen MR) is 40.5 cm³/mol. The van der Waals surface area contributed by atoms with Gasteiger partial charge in [-0.25, -0.2) is 0 Å². The molecule has 12 heavy (non-hydrogen) atoms. The van der Waals surface area contributed by atoms with Crippen LogP contribution in [0.4, 0.5) is 0 Å². The third-order valence-electron chi connectivity index (χ3n) is 2.78. The monoisotopic (exact) mass is 166 g/mol. The molecule has 0 aliphatic heterocycles. The average molecular weight is 166 g/mol. The summed E-state index contributed by atoms with van der Waals surface area (Å²) in [6.07, 6.45) is 1.46. The summed E-state index contributed by atoms with van der Waals surface area (Å²) in [5.41, 5.74) is 0. The van der Waals surface area contributed by atoms with Crippen molar-refractivity contribution in [2.45, 2.75) is 25.7 Å². The Bertz CT molecular complexity index is 243. The Morgan fingerprint density at radius 1 is 0.917 bits per heavy atom. The maximum Gasteiger partial charge on any atom is 0.143 e. The van der Waals surface area contributed by atoms with Crippen LogP contribution in [0, 0.1) is 11.8 Å². The SMILES string of the molecule is O=C1CC2CC(C1)C(=O)CC2=O. The lowest BCUT2D eigenvalue weighted by atomic mass is 9.70. The highest BCUT2D eigenvalue weighted by molar-refractivity contribution is 6.07. The van der Waals surface area contributed by atoms with E-state index in [0.717, 1.165) is 0 Å². The molecule has 0 N–H and O–H groups in total. The highest BCUT2D eigenvalue weighted by atomic mass is 16.2. The van der Waals surface area contributed by atoms with Gasteiger partial charge in [0.2, 0.25) is 0 Å². The Hall–Kier alpha value is -0.990. The molecule has 0 heterocycles. The minimum Gasteiger partial charge on any atom is -0.300 e. The van der Waals surface area contributed by atoms with Gasteiger partial charge in [0.05, 0.1) is 6.42 Å². The summed E-state index contributed by atoms with van der Waals surface area (Å²) in [5.74, 6) is -0.228. The molecule has 2 unspecified atom stereocenters. The van der Waals surface area contributed by atoms with Gasteiger partial charge >= 0.3 is 0 Å². The Labute approximate surface area is 70.1 Å². The lowest BCUT2D eigenvalue weighted by Gasteiger charge is -2.30. The van der Waals surface area contributed by atoms with Gasteiger partial charge in [-0.2, -0.15) is 0 Å². The van der Waals surface area contributed by atoms with E-state index in [1.54, 1.807) is 0 Å². The molecule has 2 bridgehead atoms. The summed E-state index contributed by atoms with van der Waals surface area (Å²) in [4.78, 5) is 33.4. The van der Waals surface area contributed by atoms with Crippen molar-refractivity contribution in [2.24, 2.45) is 11.8 Å². The third-order valence-corrected chi connectivity index (χ3v) is 2.78. The van der Waals surface area contributed by atoms with Crippen LogP contribution < -0.4 is 0 Å². The summed E-state index contributed by atoms with van der Waals surface area (Å²) < 4.78 is 0. The van der Waals surface area contributed by atoms with Crippen LogP contribution in [0.15, 0.2) is 0 Å². The summed E-state index contributed by atoms with van der Waals surface area (Å²) >= 11 is 0. The van der Waals surface area contributed by atoms with E-state index in [1.165, 1.54) is 0 Å². The van der Waals surface area contributed by atoms with Crippen molar-refractivity contribution in [1.29, 1.82) is 0 Å². The van der Waals surface area contributed by atoms with Crippen molar-refractivity contribution in [1.82, 2.24) is 0 Å². The number of hydrogen-bond donors (Lipinski definition) is 0. The lowest BCUT2D eigenvalue weighted by molar-refractivity contribution is -0.143. The molecule has 64 valence electrons. The van der Waals surface area contributed by atoms with Crippen molar-refractivity contribution < 1.29 is 14.4 Å². The first-order valence-electron chi connectivity index (χ1n) is 4.24. The van der Waals surface area contributed by atoms with Gasteiger partial charge in [0.1, 0.15) is 17.3 Å². The molecular formula is C9H10O3. The molecule has 0 radical (unpaired) electrons. The van der Waals surface area contributed by atoms with Gasteiger partial charge in [-0.15, -0.1) is 0 Å². The summed E-state index contributed by atoms with van der Waals surface area (Å²) in [6, 6.07) is 0. The number of carbonyl (C=O) groups is 3. The first-order chi connectivity index (χ1) is 5.66. The van der Waals surface area contributed by atoms with Gasteiger partial charge in [-0.05, 0) is 6.42 Å². The molecule has 0 aromatic heterocycles. The second kappa shape index (κ2) is 2.51. The number of rotatable bonds is 0. The van der Waals surface area contributed by atoms with E-state index >= 15 is 0 Å². The van der Waals surface area contributed by atoms with Crippen LogP contribution in [0.25, 0.3) is 0 Å². The van der Waals surface area contributed by atoms with E-state index in [4.69, 9.17) is 0 Å². The van der Waals surface area contributed by atoms with Crippen LogP contribution in [0.2, 0.25) is 0 Å². The molecule has 0 spiro atoms. The first kappa shape index (κ1) is 7.65. The topological polar surface area (TPSA) is 51.2 Å². The number of hydrogen-bond acceptors (Lipinski definition) is 3. The van der Waals surface area contributed by atoms with Gasteiger partial charge in [-0.1, -0.05) is 0 Å². The van der Waals surface area contributed by atoms with E-state index in [0.29, 0.717) is 19.3 Å². The molecule has 2 aliphatic rings. The number of Topliss-reactive ketones (excluding diaryl/α,β-unsaturated/α-hetero) is 3. The molecule has 2 rings (SSSR count). The van der Waals surface area contributed by atoms with Crippen LogP contribution in [-0.2, 0) is 14.4 Å². The fourth-order valence-electron chi connectivity index (χ4n) is 2.09. The molecule has 2 aliphatic carbocycles. The Kier molecular flexibility index (Phi) is 1.60. The van der Waals surface area contributed by atoms with Crippen molar-refractivity contribution >= 4 is 17.3 Å². The van der Waals surface area contributed by atoms with Gasteiger partial charge in [0, 0.05) is 24.7 Å². The average Bonchev–Trinajstić information content (AvgIpc) is 2.01. The van der Waals surface area contributed by atoms with Crippen LogP contribution in [-0.4, -0.2) is 17.3 Å². The molecule has 2 fully saturated rings. The maximum atomic E-state index is 11.2. The summed E-state index contributed by atoms with van der Waals surface area (Å²) in [6.45, 7) is 0. The zero-order chi connectivity index (χ0) is 8.72. The zero-order valence-electron chi connectivity index (χ0n) is 6.71.